The predicted molar refractivity (Wildman–Crippen MR) is 125 cm³/mol. The van der Waals surface area contributed by atoms with Gasteiger partial charge in [0, 0.05) is 35.7 Å². The highest BCUT2D eigenvalue weighted by Gasteiger charge is 2.15. The van der Waals surface area contributed by atoms with Crippen molar-refractivity contribution in [2.45, 2.75) is 25.7 Å². The van der Waals surface area contributed by atoms with Gasteiger partial charge in [0.2, 0.25) is 5.91 Å². The molecule has 0 aliphatic carbocycles. The van der Waals surface area contributed by atoms with E-state index in [1.54, 1.807) is 24.3 Å². The van der Waals surface area contributed by atoms with Gasteiger partial charge in [0.25, 0.3) is 5.91 Å². The van der Waals surface area contributed by atoms with Crippen molar-refractivity contribution >= 4 is 58.2 Å². The summed E-state index contributed by atoms with van der Waals surface area (Å²) in [5, 5.41) is 17.8. The van der Waals surface area contributed by atoms with E-state index in [0.29, 0.717) is 16.1 Å². The summed E-state index contributed by atoms with van der Waals surface area (Å²) in [6, 6.07) is 9.93. The van der Waals surface area contributed by atoms with E-state index in [0.717, 1.165) is 30.9 Å². The molecule has 0 bridgehead atoms. The van der Waals surface area contributed by atoms with E-state index in [4.69, 9.17) is 28.3 Å². The van der Waals surface area contributed by atoms with Gasteiger partial charge < -0.3 is 21.1 Å². The number of hydrogen-bond acceptors (Lipinski definition) is 5. The highest BCUT2D eigenvalue weighted by atomic mass is 35.5. The van der Waals surface area contributed by atoms with Gasteiger partial charge in [-0.05, 0) is 48.7 Å². The first-order valence-electron chi connectivity index (χ1n) is 10.00. The van der Waals surface area contributed by atoms with Gasteiger partial charge in [0.05, 0.1) is 17.3 Å². The predicted octanol–water partition coefficient (Wildman–Crippen LogP) is 3.98. The van der Waals surface area contributed by atoms with Crippen molar-refractivity contribution in [3.05, 3.63) is 57.6 Å². The van der Waals surface area contributed by atoms with E-state index >= 15 is 0 Å². The maximum Gasteiger partial charge on any atom is 0.303 e. The van der Waals surface area contributed by atoms with Crippen LogP contribution in [0.1, 0.15) is 35.2 Å². The third-order valence-corrected chi connectivity index (χ3v) is 5.22. The lowest BCUT2D eigenvalue weighted by molar-refractivity contribution is -0.137. The zero-order chi connectivity index (χ0) is 23.1. The molecule has 32 heavy (non-hydrogen) atoms. The van der Waals surface area contributed by atoms with E-state index in [1.807, 2.05) is 6.07 Å². The van der Waals surface area contributed by atoms with Crippen LogP contribution in [0.25, 0.3) is 0 Å². The maximum absolute atomic E-state index is 12.5. The number of benzene rings is 2. The summed E-state index contributed by atoms with van der Waals surface area (Å²) in [7, 11) is 0. The van der Waals surface area contributed by atoms with Crippen molar-refractivity contribution in [3.8, 4) is 0 Å². The van der Waals surface area contributed by atoms with Gasteiger partial charge in [-0.1, -0.05) is 29.3 Å². The number of amidine groups is 1. The fraction of sp³-hybridized carbons (Fsp3) is 0.273. The molecule has 10 heteroatoms. The molecule has 2 aromatic rings. The quantitative estimate of drug-likeness (QED) is 0.459. The average molecular weight is 477 g/mol. The first kappa shape index (κ1) is 23.6. The summed E-state index contributed by atoms with van der Waals surface area (Å²) >= 11 is 12.2. The number of aryl methyl sites for hydroxylation is 1. The van der Waals surface area contributed by atoms with Crippen LogP contribution in [0.15, 0.2) is 41.4 Å². The summed E-state index contributed by atoms with van der Waals surface area (Å²) in [6.45, 7) is 0.508. The summed E-state index contributed by atoms with van der Waals surface area (Å²) in [5.41, 5.74) is 1.92. The van der Waals surface area contributed by atoms with Gasteiger partial charge in [-0.15, -0.1) is 0 Å². The number of rotatable bonds is 8. The van der Waals surface area contributed by atoms with Gasteiger partial charge in [-0.25, -0.2) is 0 Å². The van der Waals surface area contributed by atoms with Gasteiger partial charge in [0.1, 0.15) is 5.84 Å². The Labute approximate surface area is 195 Å². The molecule has 0 saturated heterocycles. The molecule has 1 heterocycles. The van der Waals surface area contributed by atoms with Gasteiger partial charge >= 0.3 is 5.97 Å². The number of hydrogen-bond donors (Lipinski definition) is 4. The molecule has 0 radical (unpaired) electrons. The van der Waals surface area contributed by atoms with E-state index in [9.17, 15) is 14.4 Å². The van der Waals surface area contributed by atoms with Crippen molar-refractivity contribution in [3.63, 3.8) is 0 Å². The molecule has 2 amide bonds. The van der Waals surface area contributed by atoms with Crippen LogP contribution in [0, 0.1) is 0 Å². The number of anilines is 2. The first-order valence-corrected chi connectivity index (χ1v) is 10.8. The number of amides is 2. The number of carbonyl (C=O) groups excluding carboxylic acids is 2. The SMILES string of the molecule is O=C(O)CCc1cc(Cl)cc(Cl)c1NC(=O)CNC(=O)c1cccc(NC2=NCCC2)c1. The van der Waals surface area contributed by atoms with Crippen molar-refractivity contribution in [1.29, 1.82) is 0 Å². The monoisotopic (exact) mass is 476 g/mol. The smallest absolute Gasteiger partial charge is 0.303 e. The number of halogens is 2. The standard InChI is InChI=1S/C22H22Cl2N4O4/c23-15-9-13(6-7-20(30)31)21(17(24)11-15)28-19(29)12-26-22(32)14-3-1-4-16(10-14)27-18-5-2-8-25-18/h1,3-4,9-11H,2,5-8,12H2,(H,25,27)(H,26,32)(H,28,29)(H,30,31). The Morgan fingerprint density at radius 3 is 2.66 bits per heavy atom. The second kappa shape index (κ2) is 11.0. The minimum atomic E-state index is -0.984. The zero-order valence-corrected chi connectivity index (χ0v) is 18.6. The first-order chi connectivity index (χ1) is 15.3. The number of aliphatic imine (C=N–C) groups is 1. The molecular formula is C22H22Cl2N4O4. The van der Waals surface area contributed by atoms with Crippen molar-refractivity contribution in [1.82, 2.24) is 5.32 Å². The number of carboxylic acids is 1. The third kappa shape index (κ3) is 6.70. The molecule has 0 aromatic heterocycles. The molecule has 168 valence electrons. The van der Waals surface area contributed by atoms with Crippen LogP contribution >= 0.6 is 23.2 Å². The topological polar surface area (TPSA) is 120 Å². The molecule has 2 aromatic carbocycles. The lowest BCUT2D eigenvalue weighted by atomic mass is 10.1. The molecule has 1 aliphatic heterocycles. The zero-order valence-electron chi connectivity index (χ0n) is 17.1. The van der Waals surface area contributed by atoms with Crippen LogP contribution in [0.3, 0.4) is 0 Å². The molecule has 1 aliphatic rings. The lowest BCUT2D eigenvalue weighted by Gasteiger charge is -2.14. The normalized spacial score (nSPS) is 12.8. The van der Waals surface area contributed by atoms with E-state index in [-0.39, 0.29) is 30.1 Å². The van der Waals surface area contributed by atoms with Crippen molar-refractivity contribution in [2.24, 2.45) is 4.99 Å². The number of aliphatic carboxylic acids is 1. The highest BCUT2D eigenvalue weighted by molar-refractivity contribution is 6.37. The Bertz CT molecular complexity index is 1070. The van der Waals surface area contributed by atoms with Crippen molar-refractivity contribution < 1.29 is 19.5 Å². The fourth-order valence-corrected chi connectivity index (χ4v) is 3.78. The van der Waals surface area contributed by atoms with Crippen LogP contribution in [0.4, 0.5) is 11.4 Å². The van der Waals surface area contributed by atoms with Crippen LogP contribution in [0.5, 0.6) is 0 Å². The van der Waals surface area contributed by atoms with E-state index in [1.165, 1.54) is 6.07 Å². The molecule has 4 N–H and O–H groups in total. The maximum atomic E-state index is 12.5. The number of nitrogens with zero attached hydrogens (tertiary/aromatic N) is 1. The summed E-state index contributed by atoms with van der Waals surface area (Å²) < 4.78 is 0. The molecule has 3 rings (SSSR count). The Morgan fingerprint density at radius 2 is 1.94 bits per heavy atom. The van der Waals surface area contributed by atoms with Crippen LogP contribution < -0.4 is 16.0 Å². The van der Waals surface area contributed by atoms with Gasteiger partial charge in [0.15, 0.2) is 0 Å². The molecule has 0 unspecified atom stereocenters. The second-order valence-electron chi connectivity index (χ2n) is 7.18. The van der Waals surface area contributed by atoms with Crippen LogP contribution in [0.2, 0.25) is 10.0 Å². The molecule has 0 atom stereocenters. The van der Waals surface area contributed by atoms with Gasteiger partial charge in [-0.2, -0.15) is 0 Å². The van der Waals surface area contributed by atoms with Crippen LogP contribution in [-0.2, 0) is 16.0 Å². The lowest BCUT2D eigenvalue weighted by Crippen LogP contribution is -2.33. The van der Waals surface area contributed by atoms with Crippen molar-refractivity contribution in [2.75, 3.05) is 23.7 Å². The molecule has 0 spiro atoms. The van der Waals surface area contributed by atoms with E-state index in [2.05, 4.69) is 20.9 Å². The number of carboxylic acid groups (broad SMARTS) is 1. The average Bonchev–Trinajstić information content (AvgIpc) is 3.25. The Balaban J connectivity index is 1.60. The highest BCUT2D eigenvalue weighted by Crippen LogP contribution is 2.31. The Morgan fingerprint density at radius 1 is 1.12 bits per heavy atom. The number of carbonyl (C=O) groups is 3. The van der Waals surface area contributed by atoms with Gasteiger partial charge in [-0.3, -0.25) is 19.4 Å². The second-order valence-corrected chi connectivity index (χ2v) is 8.03. The summed E-state index contributed by atoms with van der Waals surface area (Å²) in [4.78, 5) is 40.1. The Hall–Kier alpha value is -3.10. The molecule has 0 saturated carbocycles. The number of nitrogens with one attached hydrogen (secondary N) is 3. The molecular weight excluding hydrogens is 455 g/mol. The largest absolute Gasteiger partial charge is 0.481 e. The summed E-state index contributed by atoms with van der Waals surface area (Å²) in [6.07, 6.45) is 1.88. The molecule has 8 nitrogen and oxygen atoms in total. The minimum Gasteiger partial charge on any atom is -0.481 e. The Kier molecular flexibility index (Phi) is 8.08. The van der Waals surface area contributed by atoms with Crippen LogP contribution in [-0.4, -0.2) is 41.8 Å². The fourth-order valence-electron chi connectivity index (χ4n) is 3.20. The summed E-state index contributed by atoms with van der Waals surface area (Å²) in [5.74, 6) is -1.01. The minimum absolute atomic E-state index is 0.142. The third-order valence-electron chi connectivity index (χ3n) is 4.71. The molecule has 0 fully saturated rings. The van der Waals surface area contributed by atoms with E-state index < -0.39 is 17.8 Å².